The normalized spacial score (nSPS) is 29.7. The van der Waals surface area contributed by atoms with Crippen LogP contribution < -0.4 is 4.74 Å². The maximum atomic E-state index is 12.7. The molecule has 1 saturated carbocycles. The van der Waals surface area contributed by atoms with Crippen LogP contribution in [0.4, 0.5) is 0 Å². The summed E-state index contributed by atoms with van der Waals surface area (Å²) in [6, 6.07) is 2.37. The van der Waals surface area contributed by atoms with Gasteiger partial charge in [-0.1, -0.05) is 32.4 Å². The summed E-state index contributed by atoms with van der Waals surface area (Å²) < 4.78 is 5.54. The number of phenols is 1. The summed E-state index contributed by atoms with van der Waals surface area (Å²) in [6.07, 6.45) is 5.19. The van der Waals surface area contributed by atoms with E-state index in [0.717, 1.165) is 49.1 Å². The van der Waals surface area contributed by atoms with Crippen molar-refractivity contribution in [3.8, 4) is 11.5 Å². The SMILES string of the molecule is C=C(C)c1cc(OC)c(O)c2c1CC1C3CCC(=O)C[C@@]23CCN1CC(C)CC. The van der Waals surface area contributed by atoms with Gasteiger partial charge >= 0.3 is 0 Å². The Labute approximate surface area is 174 Å². The van der Waals surface area contributed by atoms with E-state index in [4.69, 9.17) is 4.74 Å². The fraction of sp³-hybridized carbons (Fsp3) is 0.640. The van der Waals surface area contributed by atoms with Crippen LogP contribution in [0, 0.1) is 11.8 Å². The number of piperidine rings is 1. The Balaban J connectivity index is 1.91. The number of ketones is 1. The van der Waals surface area contributed by atoms with Crippen LogP contribution in [0.5, 0.6) is 11.5 Å². The van der Waals surface area contributed by atoms with Gasteiger partial charge in [0.1, 0.15) is 5.78 Å². The highest BCUT2D eigenvalue weighted by Crippen LogP contribution is 2.59. The van der Waals surface area contributed by atoms with Gasteiger partial charge in [-0.15, -0.1) is 0 Å². The lowest BCUT2D eigenvalue weighted by atomic mass is 9.51. The first-order valence-electron chi connectivity index (χ1n) is 11.2. The number of hydrogen-bond donors (Lipinski definition) is 1. The second kappa shape index (κ2) is 7.46. The smallest absolute Gasteiger partial charge is 0.161 e. The highest BCUT2D eigenvalue weighted by Gasteiger charge is 2.57. The Bertz CT molecular complexity index is 845. The lowest BCUT2D eigenvalue weighted by Crippen LogP contribution is -2.62. The van der Waals surface area contributed by atoms with Gasteiger partial charge in [0.25, 0.3) is 0 Å². The zero-order chi connectivity index (χ0) is 20.9. The molecule has 4 rings (SSSR count). The van der Waals surface area contributed by atoms with E-state index in [-0.39, 0.29) is 11.2 Å². The standard InChI is InChI=1S/C25H35NO3/c1-6-16(4)14-26-10-9-25-13-17(27)7-8-20(25)21(26)11-19-18(15(2)3)12-22(29-5)24(28)23(19)25/h12,16,20-21,28H,2,6-11,13-14H2,1,3-5H3/t16?,20?,21?,25-/m1/s1. The molecule has 1 aliphatic heterocycles. The summed E-state index contributed by atoms with van der Waals surface area (Å²) in [6.45, 7) is 12.9. The molecule has 2 aliphatic carbocycles. The van der Waals surface area contributed by atoms with E-state index in [2.05, 4.69) is 25.3 Å². The Hall–Kier alpha value is -1.81. The number of allylic oxidation sites excluding steroid dienone is 1. The summed E-state index contributed by atoms with van der Waals surface area (Å²) in [5.41, 5.74) is 4.00. The van der Waals surface area contributed by atoms with Gasteiger partial charge in [0.05, 0.1) is 7.11 Å². The topological polar surface area (TPSA) is 49.8 Å². The summed E-state index contributed by atoms with van der Waals surface area (Å²) in [7, 11) is 1.60. The molecule has 3 unspecified atom stereocenters. The second-order valence-electron chi connectivity index (χ2n) is 9.66. The molecule has 1 aromatic carbocycles. The van der Waals surface area contributed by atoms with E-state index in [1.807, 2.05) is 13.0 Å². The Morgan fingerprint density at radius 1 is 1.48 bits per heavy atom. The van der Waals surface area contributed by atoms with Crippen molar-refractivity contribution in [3.63, 3.8) is 0 Å². The number of rotatable bonds is 5. The number of Topliss-reactive ketones (excluding diaryl/α,β-unsaturated/α-hetero) is 1. The average Bonchev–Trinajstić information content (AvgIpc) is 2.69. The van der Waals surface area contributed by atoms with Gasteiger partial charge < -0.3 is 9.84 Å². The minimum absolute atomic E-state index is 0.251. The van der Waals surface area contributed by atoms with Crippen LogP contribution in [-0.4, -0.2) is 42.0 Å². The van der Waals surface area contributed by atoms with Crippen LogP contribution in [0.2, 0.25) is 0 Å². The van der Waals surface area contributed by atoms with Crippen molar-refractivity contribution in [2.45, 2.75) is 70.8 Å². The number of likely N-dealkylation sites (tertiary alicyclic amines) is 1. The molecule has 158 valence electrons. The van der Waals surface area contributed by atoms with Gasteiger partial charge in [0, 0.05) is 36.4 Å². The van der Waals surface area contributed by atoms with Gasteiger partial charge in [-0.25, -0.2) is 0 Å². The summed E-state index contributed by atoms with van der Waals surface area (Å²) in [5, 5.41) is 11.2. The van der Waals surface area contributed by atoms with Gasteiger partial charge in [-0.05, 0) is 61.8 Å². The highest BCUT2D eigenvalue weighted by molar-refractivity contribution is 5.83. The number of fused-ring (bicyclic) bond motifs is 1. The molecular weight excluding hydrogens is 362 g/mol. The molecule has 1 aromatic rings. The molecule has 4 atom stereocenters. The summed E-state index contributed by atoms with van der Waals surface area (Å²) in [4.78, 5) is 15.3. The first-order chi connectivity index (χ1) is 13.8. The van der Waals surface area contributed by atoms with Crippen molar-refractivity contribution in [2.24, 2.45) is 11.8 Å². The molecule has 0 spiro atoms. The third-order valence-corrected chi connectivity index (χ3v) is 7.94. The summed E-state index contributed by atoms with van der Waals surface area (Å²) in [5.74, 6) is 2.18. The maximum Gasteiger partial charge on any atom is 0.161 e. The van der Waals surface area contributed by atoms with E-state index in [9.17, 15) is 9.90 Å². The monoisotopic (exact) mass is 397 g/mol. The van der Waals surface area contributed by atoms with E-state index >= 15 is 0 Å². The van der Waals surface area contributed by atoms with E-state index in [1.165, 1.54) is 12.0 Å². The third-order valence-electron chi connectivity index (χ3n) is 7.94. The molecule has 1 heterocycles. The van der Waals surface area contributed by atoms with Crippen LogP contribution in [-0.2, 0) is 16.6 Å². The molecule has 4 nitrogen and oxygen atoms in total. The minimum atomic E-state index is -0.262. The second-order valence-corrected chi connectivity index (χ2v) is 9.66. The molecule has 0 amide bonds. The quantitative estimate of drug-likeness (QED) is 0.781. The van der Waals surface area contributed by atoms with E-state index in [0.29, 0.717) is 42.3 Å². The lowest BCUT2D eigenvalue weighted by molar-refractivity contribution is -0.127. The first kappa shape index (κ1) is 20.5. The first-order valence-corrected chi connectivity index (χ1v) is 11.2. The number of nitrogens with zero attached hydrogens (tertiary/aromatic N) is 1. The van der Waals surface area contributed by atoms with Crippen molar-refractivity contribution in [2.75, 3.05) is 20.2 Å². The predicted octanol–water partition coefficient (Wildman–Crippen LogP) is 4.72. The third kappa shape index (κ3) is 3.11. The number of carbonyl (C=O) groups is 1. The number of methoxy groups -OCH3 is 1. The van der Waals surface area contributed by atoms with Crippen molar-refractivity contribution >= 4 is 11.4 Å². The van der Waals surface area contributed by atoms with Gasteiger partial charge in [-0.3, -0.25) is 9.69 Å². The molecular formula is C25H35NO3. The van der Waals surface area contributed by atoms with Crippen LogP contribution in [0.15, 0.2) is 12.6 Å². The maximum absolute atomic E-state index is 12.7. The van der Waals surface area contributed by atoms with Crippen LogP contribution in [0.1, 0.15) is 69.6 Å². The number of carbonyl (C=O) groups excluding carboxylic acids is 1. The van der Waals surface area contributed by atoms with E-state index in [1.54, 1.807) is 7.11 Å². The Morgan fingerprint density at radius 2 is 2.24 bits per heavy atom. The van der Waals surface area contributed by atoms with E-state index < -0.39 is 0 Å². The van der Waals surface area contributed by atoms with Gasteiger partial charge in [0.15, 0.2) is 11.5 Å². The number of hydrogen-bond acceptors (Lipinski definition) is 4. The number of aromatic hydroxyl groups is 1. The predicted molar refractivity (Wildman–Crippen MR) is 117 cm³/mol. The Kier molecular flexibility index (Phi) is 5.27. The molecule has 3 aliphatic rings. The molecule has 2 fully saturated rings. The lowest BCUT2D eigenvalue weighted by Gasteiger charge is -2.59. The molecule has 0 aromatic heterocycles. The average molecular weight is 398 g/mol. The largest absolute Gasteiger partial charge is 0.504 e. The molecule has 1 N–H and O–H groups in total. The molecule has 2 bridgehead atoms. The zero-order valence-corrected chi connectivity index (χ0v) is 18.4. The fourth-order valence-electron chi connectivity index (χ4n) is 6.37. The number of ether oxygens (including phenoxy) is 1. The zero-order valence-electron chi connectivity index (χ0n) is 18.4. The molecule has 0 radical (unpaired) electrons. The molecule has 29 heavy (non-hydrogen) atoms. The highest BCUT2D eigenvalue weighted by atomic mass is 16.5. The summed E-state index contributed by atoms with van der Waals surface area (Å²) >= 11 is 0. The Morgan fingerprint density at radius 3 is 2.90 bits per heavy atom. The van der Waals surface area contributed by atoms with Crippen molar-refractivity contribution in [3.05, 3.63) is 29.3 Å². The van der Waals surface area contributed by atoms with Crippen molar-refractivity contribution < 1.29 is 14.6 Å². The molecule has 4 heteroatoms. The minimum Gasteiger partial charge on any atom is -0.504 e. The van der Waals surface area contributed by atoms with Crippen molar-refractivity contribution in [1.29, 1.82) is 0 Å². The van der Waals surface area contributed by atoms with Crippen LogP contribution in [0.3, 0.4) is 0 Å². The van der Waals surface area contributed by atoms with Crippen LogP contribution in [0.25, 0.3) is 5.57 Å². The molecule has 1 saturated heterocycles. The van der Waals surface area contributed by atoms with Crippen molar-refractivity contribution in [1.82, 2.24) is 4.90 Å². The van der Waals surface area contributed by atoms with Gasteiger partial charge in [0.2, 0.25) is 0 Å². The van der Waals surface area contributed by atoms with Crippen LogP contribution >= 0.6 is 0 Å². The number of phenolic OH excluding ortho intramolecular Hbond substituents is 1. The number of benzene rings is 1. The fourth-order valence-corrected chi connectivity index (χ4v) is 6.37. The van der Waals surface area contributed by atoms with Gasteiger partial charge in [-0.2, -0.15) is 0 Å².